The van der Waals surface area contributed by atoms with E-state index in [2.05, 4.69) is 4.98 Å². The summed E-state index contributed by atoms with van der Waals surface area (Å²) in [6, 6.07) is 1.08. The second kappa shape index (κ2) is 4.43. The van der Waals surface area contributed by atoms with Crippen LogP contribution in [-0.2, 0) is 6.54 Å². The lowest BCUT2D eigenvalue weighted by Crippen LogP contribution is -2.05. The van der Waals surface area contributed by atoms with Gasteiger partial charge in [-0.05, 0) is 6.07 Å². The number of aldehydes is 1. The average Bonchev–Trinajstić information content (AvgIpc) is 2.16. The van der Waals surface area contributed by atoms with Gasteiger partial charge < -0.3 is 5.73 Å². The highest BCUT2D eigenvalue weighted by atomic mass is 35.5. The Balaban J connectivity index is 3.35. The van der Waals surface area contributed by atoms with Crippen molar-refractivity contribution in [3.63, 3.8) is 0 Å². The standard InChI is InChI=1S/C8H7ClF2N2O/c9-7-6(3-14)5(8(10)11)1-4(2-12)13-7/h1,3,8H,2,12H2. The minimum atomic E-state index is -2.76. The van der Waals surface area contributed by atoms with Crippen molar-refractivity contribution in [3.05, 3.63) is 28.0 Å². The molecule has 1 rings (SSSR count). The van der Waals surface area contributed by atoms with Gasteiger partial charge in [-0.15, -0.1) is 0 Å². The van der Waals surface area contributed by atoms with E-state index in [-0.39, 0.29) is 29.2 Å². The monoisotopic (exact) mass is 220 g/mol. The van der Waals surface area contributed by atoms with Crippen LogP contribution in [0.1, 0.15) is 28.0 Å². The van der Waals surface area contributed by atoms with E-state index < -0.39 is 12.0 Å². The molecule has 3 nitrogen and oxygen atoms in total. The second-order valence-electron chi connectivity index (χ2n) is 2.53. The first-order valence-electron chi connectivity index (χ1n) is 3.72. The lowest BCUT2D eigenvalue weighted by molar-refractivity contribution is 0.110. The van der Waals surface area contributed by atoms with Gasteiger partial charge in [-0.25, -0.2) is 13.8 Å². The van der Waals surface area contributed by atoms with E-state index in [9.17, 15) is 13.6 Å². The van der Waals surface area contributed by atoms with Gasteiger partial charge in [0.05, 0.1) is 11.3 Å². The Labute approximate surface area is 83.9 Å². The lowest BCUT2D eigenvalue weighted by atomic mass is 10.1. The number of carbonyl (C=O) groups is 1. The van der Waals surface area contributed by atoms with Crippen LogP contribution in [0.15, 0.2) is 6.07 Å². The Hall–Kier alpha value is -1.07. The molecule has 0 atom stereocenters. The first kappa shape index (κ1) is 11.0. The van der Waals surface area contributed by atoms with E-state index in [1.54, 1.807) is 0 Å². The zero-order chi connectivity index (χ0) is 10.7. The molecule has 14 heavy (non-hydrogen) atoms. The quantitative estimate of drug-likeness (QED) is 0.626. The van der Waals surface area contributed by atoms with Crippen LogP contribution in [0.2, 0.25) is 5.15 Å². The number of halogens is 3. The summed E-state index contributed by atoms with van der Waals surface area (Å²) in [5.74, 6) is 0. The van der Waals surface area contributed by atoms with Crippen molar-refractivity contribution < 1.29 is 13.6 Å². The molecule has 1 aromatic rings. The first-order chi connectivity index (χ1) is 6.60. The van der Waals surface area contributed by atoms with Crippen LogP contribution in [-0.4, -0.2) is 11.3 Å². The summed E-state index contributed by atoms with van der Waals surface area (Å²) in [5.41, 5.74) is 4.75. The fourth-order valence-electron chi connectivity index (χ4n) is 0.997. The SMILES string of the molecule is NCc1cc(C(F)F)c(C=O)c(Cl)n1. The van der Waals surface area contributed by atoms with Gasteiger partial charge in [0.25, 0.3) is 6.43 Å². The molecule has 0 bridgehead atoms. The molecule has 0 aliphatic carbocycles. The van der Waals surface area contributed by atoms with Gasteiger partial charge in [0.2, 0.25) is 0 Å². The Kier molecular flexibility index (Phi) is 3.49. The maximum Gasteiger partial charge on any atom is 0.264 e. The van der Waals surface area contributed by atoms with Crippen molar-refractivity contribution in [3.8, 4) is 0 Å². The molecular formula is C8H7ClF2N2O. The zero-order valence-corrected chi connectivity index (χ0v) is 7.76. The predicted molar refractivity (Wildman–Crippen MR) is 47.5 cm³/mol. The number of hydrogen-bond acceptors (Lipinski definition) is 3. The molecule has 0 aliphatic heterocycles. The largest absolute Gasteiger partial charge is 0.325 e. The number of alkyl halides is 2. The van der Waals surface area contributed by atoms with Gasteiger partial charge in [0.1, 0.15) is 5.15 Å². The molecule has 0 amide bonds. The Morgan fingerprint density at radius 3 is 2.71 bits per heavy atom. The first-order valence-corrected chi connectivity index (χ1v) is 4.10. The van der Waals surface area contributed by atoms with Crippen LogP contribution in [0.5, 0.6) is 0 Å². The number of carbonyl (C=O) groups excluding carboxylic acids is 1. The number of rotatable bonds is 3. The van der Waals surface area contributed by atoms with Gasteiger partial charge >= 0.3 is 0 Å². The molecule has 1 aromatic heterocycles. The van der Waals surface area contributed by atoms with Crippen molar-refractivity contribution >= 4 is 17.9 Å². The third-order valence-corrected chi connectivity index (χ3v) is 1.95. The third kappa shape index (κ3) is 2.05. The Morgan fingerprint density at radius 1 is 1.64 bits per heavy atom. The molecule has 0 aliphatic rings. The maximum atomic E-state index is 12.4. The topological polar surface area (TPSA) is 56.0 Å². The second-order valence-corrected chi connectivity index (χ2v) is 2.89. The highest BCUT2D eigenvalue weighted by Gasteiger charge is 2.17. The van der Waals surface area contributed by atoms with E-state index in [0.717, 1.165) is 6.07 Å². The molecule has 0 fully saturated rings. The van der Waals surface area contributed by atoms with E-state index >= 15 is 0 Å². The van der Waals surface area contributed by atoms with Gasteiger partial charge in [-0.2, -0.15) is 0 Å². The van der Waals surface area contributed by atoms with Crippen molar-refractivity contribution in [2.24, 2.45) is 5.73 Å². The zero-order valence-electron chi connectivity index (χ0n) is 7.01. The normalized spacial score (nSPS) is 10.6. The predicted octanol–water partition coefficient (Wildman–Crippen LogP) is 1.94. The molecule has 76 valence electrons. The average molecular weight is 221 g/mol. The smallest absolute Gasteiger partial charge is 0.264 e. The molecule has 1 heterocycles. The summed E-state index contributed by atoms with van der Waals surface area (Å²) in [7, 11) is 0. The molecule has 0 radical (unpaired) electrons. The fourth-order valence-corrected chi connectivity index (χ4v) is 1.26. The number of nitrogens with zero attached hydrogens (tertiary/aromatic N) is 1. The Bertz CT molecular complexity index is 357. The number of hydrogen-bond donors (Lipinski definition) is 1. The van der Waals surface area contributed by atoms with Crippen LogP contribution in [0.25, 0.3) is 0 Å². The molecule has 0 spiro atoms. The molecule has 0 unspecified atom stereocenters. The molecular weight excluding hydrogens is 214 g/mol. The number of nitrogens with two attached hydrogens (primary N) is 1. The van der Waals surface area contributed by atoms with Crippen molar-refractivity contribution in [1.82, 2.24) is 4.98 Å². The van der Waals surface area contributed by atoms with Crippen molar-refractivity contribution in [1.29, 1.82) is 0 Å². The van der Waals surface area contributed by atoms with Crippen molar-refractivity contribution in [2.45, 2.75) is 13.0 Å². The Morgan fingerprint density at radius 2 is 2.29 bits per heavy atom. The van der Waals surface area contributed by atoms with Gasteiger partial charge in [0.15, 0.2) is 6.29 Å². The number of pyridine rings is 1. The number of aromatic nitrogens is 1. The van der Waals surface area contributed by atoms with Crippen LogP contribution in [0.4, 0.5) is 8.78 Å². The van der Waals surface area contributed by atoms with Gasteiger partial charge in [0, 0.05) is 12.1 Å². The van der Waals surface area contributed by atoms with E-state index in [0.29, 0.717) is 0 Å². The summed E-state index contributed by atoms with van der Waals surface area (Å²) < 4.78 is 24.8. The molecule has 6 heteroatoms. The third-order valence-electron chi connectivity index (χ3n) is 1.66. The van der Waals surface area contributed by atoms with Crippen LogP contribution < -0.4 is 5.73 Å². The van der Waals surface area contributed by atoms with Crippen LogP contribution in [0, 0.1) is 0 Å². The molecule has 0 saturated carbocycles. The van der Waals surface area contributed by atoms with E-state index in [4.69, 9.17) is 17.3 Å². The summed E-state index contributed by atoms with van der Waals surface area (Å²) in [6.45, 7) is -0.00141. The van der Waals surface area contributed by atoms with Gasteiger partial charge in [-0.3, -0.25) is 4.79 Å². The molecule has 0 saturated heterocycles. The summed E-state index contributed by atoms with van der Waals surface area (Å²) in [4.78, 5) is 14.1. The highest BCUT2D eigenvalue weighted by molar-refractivity contribution is 6.31. The highest BCUT2D eigenvalue weighted by Crippen LogP contribution is 2.26. The summed E-state index contributed by atoms with van der Waals surface area (Å²) >= 11 is 5.53. The van der Waals surface area contributed by atoms with E-state index in [1.165, 1.54) is 0 Å². The van der Waals surface area contributed by atoms with Crippen molar-refractivity contribution in [2.75, 3.05) is 0 Å². The maximum absolute atomic E-state index is 12.4. The van der Waals surface area contributed by atoms with Crippen LogP contribution in [0.3, 0.4) is 0 Å². The molecule has 0 aromatic carbocycles. The fraction of sp³-hybridized carbons (Fsp3) is 0.250. The minimum Gasteiger partial charge on any atom is -0.325 e. The molecule has 2 N–H and O–H groups in total. The van der Waals surface area contributed by atoms with Crippen LogP contribution >= 0.6 is 11.6 Å². The summed E-state index contributed by atoms with van der Waals surface area (Å²) in [5, 5.41) is -0.238. The van der Waals surface area contributed by atoms with E-state index in [1.807, 2.05) is 0 Å². The minimum absolute atomic E-state index is 0.00141. The lowest BCUT2D eigenvalue weighted by Gasteiger charge is -2.07. The summed E-state index contributed by atoms with van der Waals surface area (Å²) in [6.07, 6.45) is -2.50. The van der Waals surface area contributed by atoms with Gasteiger partial charge in [-0.1, -0.05) is 11.6 Å².